The van der Waals surface area contributed by atoms with Gasteiger partial charge in [-0.3, -0.25) is 0 Å². The fourth-order valence-corrected chi connectivity index (χ4v) is 3.63. The predicted octanol–water partition coefficient (Wildman–Crippen LogP) is 3.18. The minimum absolute atomic E-state index is 0.0862. The van der Waals surface area contributed by atoms with Crippen molar-refractivity contribution in [1.29, 1.82) is 5.26 Å². The predicted molar refractivity (Wildman–Crippen MR) is 112 cm³/mol. The Hall–Kier alpha value is -3.60. The van der Waals surface area contributed by atoms with Gasteiger partial charge in [0.15, 0.2) is 0 Å². The number of amides is 2. The molecular weight excluding hydrogens is 366 g/mol. The molecule has 0 bridgehead atoms. The van der Waals surface area contributed by atoms with Crippen molar-refractivity contribution in [3.8, 4) is 6.07 Å². The van der Waals surface area contributed by atoms with E-state index in [1.165, 1.54) is 0 Å². The number of nitrogens with one attached hydrogen (secondary N) is 3. The van der Waals surface area contributed by atoms with Crippen LogP contribution in [-0.2, 0) is 6.42 Å². The maximum Gasteiger partial charge on any atom is 0.319 e. The minimum Gasteiger partial charge on any atom is -0.355 e. The first-order chi connectivity index (χ1) is 14.2. The Labute approximate surface area is 169 Å². The van der Waals surface area contributed by atoms with Gasteiger partial charge in [-0.15, -0.1) is 0 Å². The van der Waals surface area contributed by atoms with Crippen molar-refractivity contribution in [2.24, 2.45) is 0 Å². The summed E-state index contributed by atoms with van der Waals surface area (Å²) >= 11 is 0. The number of fused-ring (bicyclic) bond motifs is 1. The van der Waals surface area contributed by atoms with Gasteiger partial charge in [0.1, 0.15) is 17.7 Å². The van der Waals surface area contributed by atoms with E-state index in [4.69, 9.17) is 0 Å². The van der Waals surface area contributed by atoms with Gasteiger partial charge in [0.25, 0.3) is 0 Å². The molecule has 1 aromatic carbocycles. The number of anilines is 2. The van der Waals surface area contributed by atoms with Crippen molar-refractivity contribution in [2.45, 2.75) is 32.2 Å². The van der Waals surface area contributed by atoms with Crippen LogP contribution >= 0.6 is 0 Å². The zero-order valence-electron chi connectivity index (χ0n) is 16.3. The number of aromatic amines is 1. The van der Waals surface area contributed by atoms with E-state index in [2.05, 4.69) is 36.6 Å². The third-order valence-electron chi connectivity index (χ3n) is 5.16. The summed E-state index contributed by atoms with van der Waals surface area (Å²) < 4.78 is 0. The van der Waals surface area contributed by atoms with Crippen molar-refractivity contribution in [3.05, 3.63) is 47.9 Å². The molecule has 4 rings (SSSR count). The maximum atomic E-state index is 12.4. The number of imidazole rings is 1. The molecule has 148 valence electrons. The number of benzene rings is 1. The molecule has 8 heteroatoms. The molecule has 0 radical (unpaired) electrons. The Bertz CT molecular complexity index is 1060. The largest absolute Gasteiger partial charge is 0.355 e. The van der Waals surface area contributed by atoms with Crippen molar-refractivity contribution in [1.82, 2.24) is 20.3 Å². The monoisotopic (exact) mass is 389 g/mol. The Morgan fingerprint density at radius 2 is 2.17 bits per heavy atom. The highest BCUT2D eigenvalue weighted by atomic mass is 16.2. The number of carbonyl (C=O) groups excluding carboxylic acids is 1. The van der Waals surface area contributed by atoms with Gasteiger partial charge >= 0.3 is 6.03 Å². The van der Waals surface area contributed by atoms with Crippen LogP contribution in [0.15, 0.2) is 36.5 Å². The highest BCUT2D eigenvalue weighted by Gasteiger charge is 2.23. The van der Waals surface area contributed by atoms with Crippen LogP contribution in [0.5, 0.6) is 0 Å². The number of aromatic nitrogens is 3. The molecule has 2 aromatic heterocycles. The topological polar surface area (TPSA) is 110 Å². The molecule has 2 amide bonds. The first-order valence-corrected chi connectivity index (χ1v) is 9.82. The molecule has 0 spiro atoms. The van der Waals surface area contributed by atoms with E-state index >= 15 is 0 Å². The number of pyridine rings is 1. The molecule has 1 aliphatic rings. The third kappa shape index (κ3) is 4.14. The number of hydrogen-bond donors (Lipinski definition) is 3. The summed E-state index contributed by atoms with van der Waals surface area (Å²) in [5.41, 5.74) is 3.12. The second-order valence-corrected chi connectivity index (χ2v) is 7.12. The van der Waals surface area contributed by atoms with Gasteiger partial charge in [0.2, 0.25) is 0 Å². The van der Waals surface area contributed by atoms with Gasteiger partial charge in [0.05, 0.1) is 16.6 Å². The number of urea groups is 1. The first kappa shape index (κ1) is 18.7. The molecule has 29 heavy (non-hydrogen) atoms. The summed E-state index contributed by atoms with van der Waals surface area (Å²) in [6.07, 6.45) is 4.14. The lowest BCUT2D eigenvalue weighted by atomic mass is 10.0. The summed E-state index contributed by atoms with van der Waals surface area (Å²) in [6, 6.07) is 11.3. The summed E-state index contributed by atoms with van der Waals surface area (Å²) in [5, 5.41) is 15.2. The van der Waals surface area contributed by atoms with Gasteiger partial charge in [-0.05, 0) is 43.2 Å². The normalized spacial score (nSPS) is 14.6. The van der Waals surface area contributed by atoms with Crippen molar-refractivity contribution >= 4 is 28.6 Å². The van der Waals surface area contributed by atoms with Gasteiger partial charge < -0.3 is 20.5 Å². The summed E-state index contributed by atoms with van der Waals surface area (Å²) in [5.74, 6) is 1.65. The average Bonchev–Trinajstić information content (AvgIpc) is 3.17. The molecular formula is C21H23N7O. The van der Waals surface area contributed by atoms with Crippen LogP contribution in [0, 0.1) is 11.3 Å². The molecule has 0 aliphatic carbocycles. The minimum atomic E-state index is -0.214. The lowest BCUT2D eigenvalue weighted by molar-refractivity contribution is 0.246. The number of piperidine rings is 1. The Morgan fingerprint density at radius 3 is 2.93 bits per heavy atom. The smallest absolute Gasteiger partial charge is 0.319 e. The molecule has 1 fully saturated rings. The van der Waals surface area contributed by atoms with Crippen LogP contribution in [0.3, 0.4) is 0 Å². The molecule has 8 nitrogen and oxygen atoms in total. The Balaban J connectivity index is 1.32. The molecule has 1 saturated heterocycles. The van der Waals surface area contributed by atoms with Crippen LogP contribution in [-0.4, -0.2) is 40.1 Å². The first-order valence-electron chi connectivity index (χ1n) is 9.82. The molecule has 3 heterocycles. The van der Waals surface area contributed by atoms with E-state index in [0.29, 0.717) is 5.56 Å². The standard InChI is InChI=1S/C21H23N7O/c1-2-19-26-17-6-5-16(12-18(17)27-19)25-21(29)24-15-7-10-28(11-8-15)20-14(13-22)4-3-9-23-20/h3-6,9,12,15H,2,7-8,10-11H2,1H3,(H,26,27)(H2,24,25,29). The number of nitriles is 1. The van der Waals surface area contributed by atoms with Crippen LogP contribution in [0.1, 0.15) is 31.2 Å². The van der Waals surface area contributed by atoms with Crippen LogP contribution in [0.25, 0.3) is 11.0 Å². The lowest BCUT2D eigenvalue weighted by Gasteiger charge is -2.33. The molecule has 1 aliphatic heterocycles. The van der Waals surface area contributed by atoms with Crippen LogP contribution in [0.4, 0.5) is 16.3 Å². The number of hydrogen-bond acceptors (Lipinski definition) is 5. The summed E-state index contributed by atoms with van der Waals surface area (Å²) in [4.78, 5) is 26.6. The van der Waals surface area contributed by atoms with Crippen molar-refractivity contribution < 1.29 is 4.79 Å². The maximum absolute atomic E-state index is 12.4. The number of nitrogens with zero attached hydrogens (tertiary/aromatic N) is 4. The van der Waals surface area contributed by atoms with Gasteiger partial charge in [0, 0.05) is 37.4 Å². The Morgan fingerprint density at radius 1 is 1.34 bits per heavy atom. The van der Waals surface area contributed by atoms with E-state index in [0.717, 1.165) is 60.7 Å². The Kier molecular flexibility index (Phi) is 5.29. The number of aryl methyl sites for hydroxylation is 1. The van der Waals surface area contributed by atoms with Gasteiger partial charge in [-0.1, -0.05) is 6.92 Å². The van der Waals surface area contributed by atoms with E-state index in [-0.39, 0.29) is 12.1 Å². The van der Waals surface area contributed by atoms with Crippen LogP contribution in [0.2, 0.25) is 0 Å². The van der Waals surface area contributed by atoms with E-state index in [1.54, 1.807) is 18.3 Å². The quantitative estimate of drug-likeness (QED) is 0.635. The van der Waals surface area contributed by atoms with E-state index in [9.17, 15) is 10.1 Å². The number of H-pyrrole nitrogens is 1. The van der Waals surface area contributed by atoms with Crippen molar-refractivity contribution in [2.75, 3.05) is 23.3 Å². The zero-order valence-corrected chi connectivity index (χ0v) is 16.3. The fourth-order valence-electron chi connectivity index (χ4n) is 3.63. The van der Waals surface area contributed by atoms with Gasteiger partial charge in [-0.2, -0.15) is 5.26 Å². The second kappa shape index (κ2) is 8.19. The second-order valence-electron chi connectivity index (χ2n) is 7.12. The van der Waals surface area contributed by atoms with E-state index < -0.39 is 0 Å². The number of rotatable bonds is 4. The van der Waals surface area contributed by atoms with Gasteiger partial charge in [-0.25, -0.2) is 14.8 Å². The molecule has 3 N–H and O–H groups in total. The fraction of sp³-hybridized carbons (Fsp3) is 0.333. The highest BCUT2D eigenvalue weighted by molar-refractivity contribution is 5.92. The van der Waals surface area contributed by atoms with E-state index in [1.807, 2.05) is 25.1 Å². The zero-order chi connectivity index (χ0) is 20.2. The highest BCUT2D eigenvalue weighted by Crippen LogP contribution is 2.22. The molecule has 0 saturated carbocycles. The summed E-state index contributed by atoms with van der Waals surface area (Å²) in [6.45, 7) is 3.54. The molecule has 0 atom stereocenters. The number of carbonyl (C=O) groups is 1. The lowest BCUT2D eigenvalue weighted by Crippen LogP contribution is -2.46. The summed E-state index contributed by atoms with van der Waals surface area (Å²) in [7, 11) is 0. The molecule has 3 aromatic rings. The SMILES string of the molecule is CCc1nc2ccc(NC(=O)NC3CCN(c4ncccc4C#N)CC3)cc2[nH]1. The van der Waals surface area contributed by atoms with Crippen molar-refractivity contribution in [3.63, 3.8) is 0 Å². The van der Waals surface area contributed by atoms with Crippen LogP contribution < -0.4 is 15.5 Å². The third-order valence-corrected chi connectivity index (χ3v) is 5.16. The molecule has 0 unspecified atom stereocenters. The average molecular weight is 389 g/mol.